The Morgan fingerprint density at radius 3 is 2.52 bits per heavy atom. The van der Waals surface area contributed by atoms with Crippen molar-refractivity contribution < 1.29 is 19.4 Å². The lowest BCUT2D eigenvalue weighted by Gasteiger charge is -2.10. The first kappa shape index (κ1) is 16.6. The quantitative estimate of drug-likeness (QED) is 0.812. The molecule has 1 aromatic carbocycles. The largest absolute Gasteiger partial charge is 0.479 e. The van der Waals surface area contributed by atoms with E-state index in [1.165, 1.54) is 7.11 Å². The average Bonchev–Trinajstić information content (AvgIpc) is 2.90. The van der Waals surface area contributed by atoms with Gasteiger partial charge in [-0.15, -0.1) is 5.10 Å². The minimum absolute atomic E-state index is 0.144. The van der Waals surface area contributed by atoms with Gasteiger partial charge < -0.3 is 15.2 Å². The molecule has 1 atom stereocenters. The van der Waals surface area contributed by atoms with Gasteiger partial charge in [-0.25, -0.2) is 9.48 Å². The summed E-state index contributed by atoms with van der Waals surface area (Å²) in [5.74, 6) is -1.64. The van der Waals surface area contributed by atoms with Crippen molar-refractivity contribution in [1.29, 1.82) is 0 Å². The number of carboxylic acid groups (broad SMARTS) is 1. The highest BCUT2D eigenvalue weighted by Crippen LogP contribution is 2.13. The molecule has 1 unspecified atom stereocenters. The van der Waals surface area contributed by atoms with Crippen LogP contribution in [0.25, 0.3) is 5.69 Å². The van der Waals surface area contributed by atoms with Crippen LogP contribution in [0.3, 0.4) is 0 Å². The van der Waals surface area contributed by atoms with Gasteiger partial charge in [0.2, 0.25) is 0 Å². The molecule has 2 aromatic rings. The Kier molecular flexibility index (Phi) is 5.07. The molecule has 122 valence electrons. The summed E-state index contributed by atoms with van der Waals surface area (Å²) < 4.78 is 6.31. The van der Waals surface area contributed by atoms with Crippen LogP contribution in [0.15, 0.2) is 24.3 Å². The minimum atomic E-state index is -1.15. The Balaban J connectivity index is 2.13. The standard InChI is InChI=1S/C15H18N4O4/c1-9-4-6-11(7-5-9)19-10(2)13(17-18-19)14(20)16-8-12(23-3)15(21)22/h4-7,12H,8H2,1-3H3,(H,16,20)(H,21,22). The van der Waals surface area contributed by atoms with Gasteiger partial charge in [-0.1, -0.05) is 22.9 Å². The van der Waals surface area contributed by atoms with E-state index in [9.17, 15) is 9.59 Å². The number of carbonyl (C=O) groups excluding carboxylic acids is 1. The van der Waals surface area contributed by atoms with Crippen molar-refractivity contribution in [1.82, 2.24) is 20.3 Å². The molecule has 1 heterocycles. The molecule has 0 saturated heterocycles. The van der Waals surface area contributed by atoms with Crippen LogP contribution in [0.2, 0.25) is 0 Å². The van der Waals surface area contributed by atoms with Crippen molar-refractivity contribution in [3.05, 3.63) is 41.2 Å². The highest BCUT2D eigenvalue weighted by molar-refractivity contribution is 5.93. The number of amides is 1. The lowest BCUT2D eigenvalue weighted by molar-refractivity contribution is -0.148. The topological polar surface area (TPSA) is 106 Å². The van der Waals surface area contributed by atoms with Gasteiger partial charge in [-0.05, 0) is 26.0 Å². The predicted octanol–water partition coefficient (Wildman–Crippen LogP) is 0.714. The van der Waals surface area contributed by atoms with Gasteiger partial charge in [0, 0.05) is 7.11 Å². The summed E-state index contributed by atoms with van der Waals surface area (Å²) in [4.78, 5) is 23.0. The number of hydrogen-bond donors (Lipinski definition) is 2. The van der Waals surface area contributed by atoms with E-state index in [0.717, 1.165) is 11.3 Å². The van der Waals surface area contributed by atoms with Crippen molar-refractivity contribution in [2.45, 2.75) is 20.0 Å². The van der Waals surface area contributed by atoms with Crippen molar-refractivity contribution >= 4 is 11.9 Å². The Morgan fingerprint density at radius 1 is 1.30 bits per heavy atom. The number of aliphatic carboxylic acids is 1. The van der Waals surface area contributed by atoms with Gasteiger partial charge >= 0.3 is 5.97 Å². The number of hydrogen-bond acceptors (Lipinski definition) is 5. The van der Waals surface area contributed by atoms with E-state index in [1.807, 2.05) is 31.2 Å². The molecule has 0 aliphatic carbocycles. The number of ether oxygens (including phenoxy) is 1. The number of methoxy groups -OCH3 is 1. The number of aryl methyl sites for hydroxylation is 1. The molecule has 0 radical (unpaired) electrons. The molecule has 2 N–H and O–H groups in total. The molecule has 8 nitrogen and oxygen atoms in total. The second-order valence-corrected chi connectivity index (χ2v) is 5.04. The number of rotatable bonds is 6. The number of benzene rings is 1. The van der Waals surface area contributed by atoms with Crippen molar-refractivity contribution in [2.75, 3.05) is 13.7 Å². The van der Waals surface area contributed by atoms with E-state index < -0.39 is 18.0 Å². The van der Waals surface area contributed by atoms with Crippen molar-refractivity contribution in [2.24, 2.45) is 0 Å². The maximum absolute atomic E-state index is 12.1. The highest BCUT2D eigenvalue weighted by atomic mass is 16.5. The minimum Gasteiger partial charge on any atom is -0.479 e. The fourth-order valence-corrected chi connectivity index (χ4v) is 2.01. The number of nitrogens with zero attached hydrogens (tertiary/aromatic N) is 3. The Bertz CT molecular complexity index is 709. The number of carboxylic acids is 1. The number of aromatic nitrogens is 3. The second-order valence-electron chi connectivity index (χ2n) is 5.04. The van der Waals surface area contributed by atoms with Crippen LogP contribution in [-0.2, 0) is 9.53 Å². The van der Waals surface area contributed by atoms with Crippen LogP contribution in [0.1, 0.15) is 21.7 Å². The SMILES string of the molecule is COC(CNC(=O)c1nnn(-c2ccc(C)cc2)c1C)C(=O)O. The predicted molar refractivity (Wildman–Crippen MR) is 81.6 cm³/mol. The van der Waals surface area contributed by atoms with Gasteiger partial charge in [-0.3, -0.25) is 4.79 Å². The molecule has 0 saturated carbocycles. The zero-order chi connectivity index (χ0) is 17.0. The summed E-state index contributed by atoms with van der Waals surface area (Å²) in [5.41, 5.74) is 2.62. The molecule has 8 heteroatoms. The van der Waals surface area contributed by atoms with Crippen LogP contribution in [0, 0.1) is 13.8 Å². The molecule has 0 bridgehead atoms. The van der Waals surface area contributed by atoms with Crippen LogP contribution in [-0.4, -0.2) is 51.7 Å². The third-order valence-corrected chi connectivity index (χ3v) is 3.40. The first-order valence-electron chi connectivity index (χ1n) is 6.97. The van der Waals surface area contributed by atoms with E-state index in [4.69, 9.17) is 9.84 Å². The number of nitrogens with one attached hydrogen (secondary N) is 1. The van der Waals surface area contributed by atoms with Gasteiger partial charge in [-0.2, -0.15) is 0 Å². The van der Waals surface area contributed by atoms with Crippen molar-refractivity contribution in [3.63, 3.8) is 0 Å². The summed E-state index contributed by atoms with van der Waals surface area (Å²) in [7, 11) is 1.27. The molecule has 2 rings (SSSR count). The van der Waals surface area contributed by atoms with Crippen LogP contribution < -0.4 is 5.32 Å². The van der Waals surface area contributed by atoms with Crippen LogP contribution >= 0.6 is 0 Å². The van der Waals surface area contributed by atoms with Gasteiger partial charge in [0.25, 0.3) is 5.91 Å². The monoisotopic (exact) mass is 318 g/mol. The lowest BCUT2D eigenvalue weighted by Crippen LogP contribution is -2.38. The Hall–Kier alpha value is -2.74. The first-order valence-corrected chi connectivity index (χ1v) is 6.97. The first-order chi connectivity index (χ1) is 10.9. The molecular weight excluding hydrogens is 300 g/mol. The summed E-state index contributed by atoms with van der Waals surface area (Å²) >= 11 is 0. The second kappa shape index (κ2) is 7.01. The lowest BCUT2D eigenvalue weighted by atomic mass is 10.2. The highest BCUT2D eigenvalue weighted by Gasteiger charge is 2.21. The molecule has 0 fully saturated rings. The van der Waals surface area contributed by atoms with E-state index in [0.29, 0.717) is 5.69 Å². The normalized spacial score (nSPS) is 12.0. The summed E-state index contributed by atoms with van der Waals surface area (Å²) in [6.45, 7) is 3.55. The maximum Gasteiger partial charge on any atom is 0.334 e. The van der Waals surface area contributed by atoms with Crippen molar-refractivity contribution in [3.8, 4) is 5.69 Å². The third kappa shape index (κ3) is 3.72. The third-order valence-electron chi connectivity index (χ3n) is 3.40. The average molecular weight is 318 g/mol. The van der Waals surface area contributed by atoms with Gasteiger partial charge in [0.15, 0.2) is 11.8 Å². The van der Waals surface area contributed by atoms with E-state index in [2.05, 4.69) is 15.6 Å². The Morgan fingerprint density at radius 2 is 1.96 bits per heavy atom. The molecular formula is C15H18N4O4. The van der Waals surface area contributed by atoms with Gasteiger partial charge in [0.05, 0.1) is 17.9 Å². The molecule has 23 heavy (non-hydrogen) atoms. The number of carbonyl (C=O) groups is 2. The summed E-state index contributed by atoms with van der Waals surface area (Å²) in [5, 5.41) is 19.2. The maximum atomic E-state index is 12.1. The zero-order valence-electron chi connectivity index (χ0n) is 13.1. The summed E-state index contributed by atoms with van der Waals surface area (Å²) in [6, 6.07) is 7.63. The van der Waals surface area contributed by atoms with Crippen LogP contribution in [0.4, 0.5) is 0 Å². The van der Waals surface area contributed by atoms with Gasteiger partial charge in [0.1, 0.15) is 0 Å². The molecule has 0 spiro atoms. The zero-order valence-corrected chi connectivity index (χ0v) is 13.1. The van der Waals surface area contributed by atoms with E-state index in [1.54, 1.807) is 11.6 Å². The smallest absolute Gasteiger partial charge is 0.334 e. The molecule has 0 aliphatic heterocycles. The summed E-state index contributed by atoms with van der Waals surface area (Å²) in [6.07, 6.45) is -1.11. The molecule has 1 amide bonds. The molecule has 0 aliphatic rings. The van der Waals surface area contributed by atoms with Crippen LogP contribution in [0.5, 0.6) is 0 Å². The van der Waals surface area contributed by atoms with E-state index >= 15 is 0 Å². The fraction of sp³-hybridized carbons (Fsp3) is 0.333. The Labute approximate surface area is 133 Å². The van der Waals surface area contributed by atoms with E-state index in [-0.39, 0.29) is 12.2 Å². The molecule has 1 aromatic heterocycles. The fourth-order valence-electron chi connectivity index (χ4n) is 2.01.